The van der Waals surface area contributed by atoms with Crippen LogP contribution < -0.4 is 15.8 Å². The molecule has 0 radical (unpaired) electrons. The lowest BCUT2D eigenvalue weighted by atomic mass is 9.82. The number of nitrogen functional groups attached to an aromatic ring is 1. The van der Waals surface area contributed by atoms with Crippen LogP contribution in [-0.2, 0) is 9.05 Å². The molecule has 0 saturated heterocycles. The van der Waals surface area contributed by atoms with Crippen molar-refractivity contribution >= 4 is 64.3 Å². The summed E-state index contributed by atoms with van der Waals surface area (Å²) in [6, 6.07) is 12.0. The molecule has 0 heterocycles. The first-order valence-electron chi connectivity index (χ1n) is 8.83. The lowest BCUT2D eigenvalue weighted by molar-refractivity contribution is 0.0980. The van der Waals surface area contributed by atoms with Crippen LogP contribution in [0.3, 0.4) is 0 Å². The van der Waals surface area contributed by atoms with Gasteiger partial charge < -0.3 is 15.8 Å². The van der Waals surface area contributed by atoms with Gasteiger partial charge in [-0.3, -0.25) is 9.59 Å². The first-order chi connectivity index (χ1) is 14.6. The minimum atomic E-state index is -4.01. The van der Waals surface area contributed by atoms with E-state index < -0.39 is 9.05 Å². The average Bonchev–Trinajstić information content (AvgIpc) is 2.73. The number of rotatable bonds is 4. The summed E-state index contributed by atoms with van der Waals surface area (Å²) < 4.78 is 29.2. The third-order valence-electron chi connectivity index (χ3n) is 4.91. The van der Waals surface area contributed by atoms with Gasteiger partial charge in [0, 0.05) is 26.3 Å². The highest BCUT2D eigenvalue weighted by Gasteiger charge is 2.34. The van der Waals surface area contributed by atoms with Gasteiger partial charge in [-0.1, -0.05) is 24.3 Å². The zero-order valence-corrected chi connectivity index (χ0v) is 19.1. The van der Waals surface area contributed by atoms with E-state index in [1.54, 1.807) is 30.3 Å². The summed E-state index contributed by atoms with van der Waals surface area (Å²) in [5.74, 6) is -0.455. The molecule has 0 bridgehead atoms. The molecule has 7 nitrogen and oxygen atoms in total. The van der Waals surface area contributed by atoms with E-state index in [1.165, 1.54) is 25.3 Å². The van der Waals surface area contributed by atoms with E-state index in [9.17, 15) is 18.0 Å². The monoisotopic (exact) mass is 520 g/mol. The maximum atomic E-state index is 13.3. The van der Waals surface area contributed by atoms with E-state index in [0.717, 1.165) is 0 Å². The predicted octanol–water partition coefficient (Wildman–Crippen LogP) is 4.49. The molecular weight excluding hydrogens is 508 g/mol. The molecule has 10 heteroatoms. The van der Waals surface area contributed by atoms with Crippen LogP contribution in [0.2, 0.25) is 0 Å². The third kappa shape index (κ3) is 3.58. The molecule has 0 saturated carbocycles. The summed E-state index contributed by atoms with van der Waals surface area (Å²) in [5, 5.41) is 3.01. The van der Waals surface area contributed by atoms with Crippen molar-refractivity contribution in [2.24, 2.45) is 0 Å². The molecule has 3 aromatic carbocycles. The maximum Gasteiger partial charge on any atom is 0.261 e. The third-order valence-corrected chi connectivity index (χ3v) is 6.92. The Kier molecular flexibility index (Phi) is 5.28. The van der Waals surface area contributed by atoms with Crippen molar-refractivity contribution in [2.45, 2.75) is 4.90 Å². The molecule has 0 atom stereocenters. The van der Waals surface area contributed by atoms with Crippen LogP contribution in [-0.4, -0.2) is 27.1 Å². The molecule has 3 aromatic rings. The minimum Gasteiger partial charge on any atom is -0.495 e. The van der Waals surface area contributed by atoms with Crippen LogP contribution in [0.4, 0.5) is 17.1 Å². The molecule has 1 aliphatic rings. The zero-order valence-electron chi connectivity index (χ0n) is 15.9. The first-order valence-corrected chi connectivity index (χ1v) is 11.9. The molecule has 4 rings (SSSR count). The van der Waals surface area contributed by atoms with Gasteiger partial charge >= 0.3 is 0 Å². The van der Waals surface area contributed by atoms with Gasteiger partial charge in [-0.2, -0.15) is 0 Å². The lowest BCUT2D eigenvalue weighted by Crippen LogP contribution is -2.24. The Balaban J connectivity index is 1.94. The lowest BCUT2D eigenvalue weighted by Gasteiger charge is -2.23. The van der Waals surface area contributed by atoms with Crippen LogP contribution in [0.15, 0.2) is 57.9 Å². The molecule has 0 aromatic heterocycles. The van der Waals surface area contributed by atoms with Gasteiger partial charge in [-0.05, 0) is 40.2 Å². The SMILES string of the molecule is COc1ccc(S(=O)(=O)Cl)cc1Nc1cc(Br)c(N)c2c1C(=O)c1ccccc1C2=O. The molecule has 0 spiro atoms. The van der Waals surface area contributed by atoms with Crippen LogP contribution in [0.25, 0.3) is 0 Å². The van der Waals surface area contributed by atoms with E-state index in [2.05, 4.69) is 21.2 Å². The van der Waals surface area contributed by atoms with Crippen molar-refractivity contribution < 1.29 is 22.7 Å². The van der Waals surface area contributed by atoms with Crippen LogP contribution >= 0.6 is 26.6 Å². The number of anilines is 3. The Labute approximate surface area is 190 Å². The molecule has 0 amide bonds. The van der Waals surface area contributed by atoms with Gasteiger partial charge in [0.1, 0.15) is 5.75 Å². The second kappa shape index (κ2) is 7.67. The highest BCUT2D eigenvalue weighted by atomic mass is 79.9. The standard InChI is InChI=1S/C21H14BrClN2O5S/c1-30-16-7-6-10(31(23,28)29)8-14(16)25-15-9-13(22)19(24)18-17(15)20(26)11-4-2-3-5-12(11)21(18)27/h2-9,25H,24H2,1H3. The quantitative estimate of drug-likeness (QED) is 0.300. The molecule has 0 fully saturated rings. The second-order valence-corrected chi connectivity index (χ2v) is 10.1. The molecule has 31 heavy (non-hydrogen) atoms. The number of carbonyl (C=O) groups excluding carboxylic acids is 2. The van der Waals surface area contributed by atoms with E-state index in [0.29, 0.717) is 10.2 Å². The number of ether oxygens (including phenoxy) is 1. The van der Waals surface area contributed by atoms with Crippen molar-refractivity contribution in [3.63, 3.8) is 0 Å². The number of hydrogen-bond donors (Lipinski definition) is 2. The minimum absolute atomic E-state index is 0.0701. The number of methoxy groups -OCH3 is 1. The summed E-state index contributed by atoms with van der Waals surface area (Å²) in [5.41, 5.74) is 7.46. The summed E-state index contributed by atoms with van der Waals surface area (Å²) in [4.78, 5) is 26.3. The van der Waals surface area contributed by atoms with Crippen LogP contribution in [0.5, 0.6) is 5.75 Å². The van der Waals surface area contributed by atoms with Gasteiger partial charge in [0.05, 0.1) is 40.2 Å². The number of benzene rings is 3. The highest BCUT2D eigenvalue weighted by Crippen LogP contribution is 2.41. The van der Waals surface area contributed by atoms with Gasteiger partial charge in [0.25, 0.3) is 9.05 Å². The summed E-state index contributed by atoms with van der Waals surface area (Å²) >= 11 is 3.33. The fourth-order valence-corrected chi connectivity index (χ4v) is 4.67. The molecule has 1 aliphatic carbocycles. The highest BCUT2D eigenvalue weighted by molar-refractivity contribution is 9.10. The number of carbonyl (C=O) groups is 2. The number of nitrogens with two attached hydrogens (primary N) is 1. The van der Waals surface area contributed by atoms with Crippen molar-refractivity contribution in [1.82, 2.24) is 0 Å². The zero-order chi connectivity index (χ0) is 22.5. The Morgan fingerprint density at radius 2 is 1.58 bits per heavy atom. The van der Waals surface area contributed by atoms with Gasteiger partial charge in [-0.25, -0.2) is 8.42 Å². The topological polar surface area (TPSA) is 116 Å². The normalized spacial score (nSPS) is 12.9. The Morgan fingerprint density at radius 1 is 0.968 bits per heavy atom. The van der Waals surface area contributed by atoms with E-state index in [4.69, 9.17) is 21.2 Å². The van der Waals surface area contributed by atoms with Crippen molar-refractivity contribution in [3.05, 3.63) is 75.3 Å². The second-order valence-electron chi connectivity index (χ2n) is 6.70. The Morgan fingerprint density at radius 3 is 2.16 bits per heavy atom. The van der Waals surface area contributed by atoms with Gasteiger partial charge in [0.15, 0.2) is 11.6 Å². The molecular formula is C21H14BrClN2O5S. The van der Waals surface area contributed by atoms with Crippen molar-refractivity contribution in [1.29, 1.82) is 0 Å². The fourth-order valence-electron chi connectivity index (χ4n) is 3.47. The number of hydrogen-bond acceptors (Lipinski definition) is 7. The van der Waals surface area contributed by atoms with Crippen molar-refractivity contribution in [2.75, 3.05) is 18.2 Å². The summed E-state index contributed by atoms with van der Waals surface area (Å²) in [6.45, 7) is 0. The molecule has 158 valence electrons. The van der Waals surface area contributed by atoms with Gasteiger partial charge in [0.2, 0.25) is 0 Å². The number of halogens is 2. The molecule has 0 aliphatic heterocycles. The van der Waals surface area contributed by atoms with E-state index >= 15 is 0 Å². The smallest absolute Gasteiger partial charge is 0.261 e. The molecule has 0 unspecified atom stereocenters. The number of fused-ring (bicyclic) bond motifs is 2. The summed E-state index contributed by atoms with van der Waals surface area (Å²) in [7, 11) is 2.87. The van der Waals surface area contributed by atoms with E-state index in [1.807, 2.05) is 0 Å². The fraction of sp³-hybridized carbons (Fsp3) is 0.0476. The maximum absolute atomic E-state index is 13.3. The Bertz CT molecular complexity index is 1390. The van der Waals surface area contributed by atoms with Gasteiger partial charge in [-0.15, -0.1) is 0 Å². The van der Waals surface area contributed by atoms with Crippen molar-refractivity contribution in [3.8, 4) is 5.75 Å². The van der Waals surface area contributed by atoms with Crippen LogP contribution in [0, 0.1) is 0 Å². The largest absolute Gasteiger partial charge is 0.495 e. The number of ketones is 2. The first kappa shape index (κ1) is 21.4. The number of nitrogens with one attached hydrogen (secondary N) is 1. The average molecular weight is 522 g/mol. The Hall–Kier alpha value is -2.88. The predicted molar refractivity (Wildman–Crippen MR) is 121 cm³/mol. The molecule has 3 N–H and O–H groups in total. The van der Waals surface area contributed by atoms with E-state index in [-0.39, 0.29) is 55.8 Å². The van der Waals surface area contributed by atoms with Crippen LogP contribution in [0.1, 0.15) is 31.8 Å². The summed E-state index contributed by atoms with van der Waals surface area (Å²) in [6.07, 6.45) is 0.